The van der Waals surface area contributed by atoms with E-state index in [1.165, 1.54) is 0 Å². The van der Waals surface area contributed by atoms with Gasteiger partial charge in [0.2, 0.25) is 0 Å². The second kappa shape index (κ2) is 6.99. The van der Waals surface area contributed by atoms with E-state index in [0.29, 0.717) is 29.5 Å². The molecule has 1 rings (SSSR count). The number of anilines is 1. The van der Waals surface area contributed by atoms with E-state index in [-0.39, 0.29) is 11.9 Å². The third kappa shape index (κ3) is 4.13. The van der Waals surface area contributed by atoms with Gasteiger partial charge in [-0.25, -0.2) is 0 Å². The molecule has 1 amide bonds. The van der Waals surface area contributed by atoms with Crippen molar-refractivity contribution >= 4 is 11.6 Å². The molecule has 0 aromatic heterocycles. The second-order valence-corrected chi connectivity index (χ2v) is 4.74. The summed E-state index contributed by atoms with van der Waals surface area (Å²) in [4.78, 5) is 12.1. The average molecular weight is 266 g/mol. The molecule has 0 aliphatic rings. The van der Waals surface area contributed by atoms with E-state index in [2.05, 4.69) is 5.32 Å². The van der Waals surface area contributed by atoms with Gasteiger partial charge >= 0.3 is 0 Å². The standard InChI is InChI=1S/C14H22N2O3/c1-9(2)12(8-18-3)16-14(17)10-5-6-13(19-4)11(15)7-10/h5-7,9,12H,8,15H2,1-4H3,(H,16,17). The summed E-state index contributed by atoms with van der Waals surface area (Å²) in [5, 5.41) is 2.94. The summed E-state index contributed by atoms with van der Waals surface area (Å²) in [6, 6.07) is 4.96. The number of nitrogen functional groups attached to an aromatic ring is 1. The summed E-state index contributed by atoms with van der Waals surface area (Å²) in [7, 11) is 3.16. The third-order valence-corrected chi connectivity index (χ3v) is 2.96. The summed E-state index contributed by atoms with van der Waals surface area (Å²) in [5.41, 5.74) is 6.75. The number of carbonyl (C=O) groups excluding carboxylic acids is 1. The Morgan fingerprint density at radius 2 is 2.05 bits per heavy atom. The molecular formula is C14H22N2O3. The number of hydrogen-bond donors (Lipinski definition) is 2. The van der Waals surface area contributed by atoms with Gasteiger partial charge in [0.1, 0.15) is 5.75 Å². The number of methoxy groups -OCH3 is 2. The Hall–Kier alpha value is -1.75. The minimum absolute atomic E-state index is 0.0270. The maximum absolute atomic E-state index is 12.1. The van der Waals surface area contributed by atoms with Gasteiger partial charge in [-0.3, -0.25) is 4.79 Å². The Bertz CT molecular complexity index is 433. The van der Waals surface area contributed by atoms with Crippen LogP contribution in [0.25, 0.3) is 0 Å². The van der Waals surface area contributed by atoms with Crippen molar-refractivity contribution in [3.63, 3.8) is 0 Å². The molecule has 0 saturated carbocycles. The van der Waals surface area contributed by atoms with Gasteiger partial charge in [0.25, 0.3) is 5.91 Å². The minimum atomic E-state index is -0.162. The van der Waals surface area contributed by atoms with Crippen LogP contribution in [0.15, 0.2) is 18.2 Å². The summed E-state index contributed by atoms with van der Waals surface area (Å²) in [6.07, 6.45) is 0. The zero-order chi connectivity index (χ0) is 14.4. The number of carbonyl (C=O) groups is 1. The van der Waals surface area contributed by atoms with Gasteiger partial charge in [0.05, 0.1) is 25.4 Å². The molecule has 106 valence electrons. The average Bonchev–Trinajstić information content (AvgIpc) is 2.37. The number of amides is 1. The Labute approximate surface area is 114 Å². The van der Waals surface area contributed by atoms with Gasteiger partial charge in [-0.15, -0.1) is 0 Å². The fourth-order valence-corrected chi connectivity index (χ4v) is 1.71. The molecule has 19 heavy (non-hydrogen) atoms. The lowest BCUT2D eigenvalue weighted by atomic mass is 10.0. The minimum Gasteiger partial charge on any atom is -0.495 e. The van der Waals surface area contributed by atoms with Crippen molar-refractivity contribution in [3.8, 4) is 5.75 Å². The quantitative estimate of drug-likeness (QED) is 0.768. The molecule has 0 radical (unpaired) electrons. The maximum Gasteiger partial charge on any atom is 0.251 e. The normalized spacial score (nSPS) is 12.3. The van der Waals surface area contributed by atoms with Crippen LogP contribution in [0.5, 0.6) is 5.75 Å². The first kappa shape index (κ1) is 15.3. The van der Waals surface area contributed by atoms with Crippen LogP contribution in [0.3, 0.4) is 0 Å². The zero-order valence-corrected chi connectivity index (χ0v) is 11.9. The molecule has 0 fully saturated rings. The Morgan fingerprint density at radius 1 is 1.37 bits per heavy atom. The molecule has 1 unspecified atom stereocenters. The van der Waals surface area contributed by atoms with Crippen molar-refractivity contribution < 1.29 is 14.3 Å². The van der Waals surface area contributed by atoms with E-state index in [9.17, 15) is 4.79 Å². The van der Waals surface area contributed by atoms with E-state index in [4.69, 9.17) is 15.2 Å². The van der Waals surface area contributed by atoms with Crippen LogP contribution >= 0.6 is 0 Å². The number of nitrogens with one attached hydrogen (secondary N) is 1. The van der Waals surface area contributed by atoms with Crippen LogP contribution in [-0.4, -0.2) is 32.8 Å². The summed E-state index contributed by atoms with van der Waals surface area (Å²) >= 11 is 0. The predicted octanol–water partition coefficient (Wildman–Crippen LogP) is 1.68. The van der Waals surface area contributed by atoms with Crippen LogP contribution in [0.2, 0.25) is 0 Å². The molecule has 1 aromatic rings. The van der Waals surface area contributed by atoms with Crippen LogP contribution in [0.1, 0.15) is 24.2 Å². The Balaban J connectivity index is 2.79. The van der Waals surface area contributed by atoms with Crippen molar-refractivity contribution in [2.45, 2.75) is 19.9 Å². The largest absolute Gasteiger partial charge is 0.495 e. The third-order valence-electron chi connectivity index (χ3n) is 2.96. The Kier molecular flexibility index (Phi) is 5.63. The van der Waals surface area contributed by atoms with Crippen molar-refractivity contribution in [3.05, 3.63) is 23.8 Å². The van der Waals surface area contributed by atoms with E-state index >= 15 is 0 Å². The molecule has 0 heterocycles. The van der Waals surface area contributed by atoms with Crippen LogP contribution in [0.4, 0.5) is 5.69 Å². The first-order valence-corrected chi connectivity index (χ1v) is 6.23. The van der Waals surface area contributed by atoms with Gasteiger partial charge in [0, 0.05) is 12.7 Å². The van der Waals surface area contributed by atoms with Gasteiger partial charge in [-0.1, -0.05) is 13.8 Å². The van der Waals surface area contributed by atoms with Gasteiger partial charge in [0.15, 0.2) is 0 Å². The summed E-state index contributed by atoms with van der Waals surface area (Å²) in [5.74, 6) is 0.693. The Morgan fingerprint density at radius 3 is 2.53 bits per heavy atom. The highest BCUT2D eigenvalue weighted by Gasteiger charge is 2.17. The highest BCUT2D eigenvalue weighted by Crippen LogP contribution is 2.21. The molecule has 0 saturated heterocycles. The molecule has 0 aliphatic carbocycles. The number of ether oxygens (including phenoxy) is 2. The lowest BCUT2D eigenvalue weighted by molar-refractivity contribution is 0.0866. The fraction of sp³-hybridized carbons (Fsp3) is 0.500. The van der Waals surface area contributed by atoms with Crippen LogP contribution < -0.4 is 15.8 Å². The topological polar surface area (TPSA) is 73.6 Å². The number of nitrogens with two attached hydrogens (primary N) is 1. The van der Waals surface area contributed by atoms with Crippen LogP contribution in [0, 0.1) is 5.92 Å². The monoisotopic (exact) mass is 266 g/mol. The lowest BCUT2D eigenvalue weighted by Crippen LogP contribution is -2.41. The first-order valence-electron chi connectivity index (χ1n) is 6.23. The smallest absolute Gasteiger partial charge is 0.251 e. The SMILES string of the molecule is COCC(NC(=O)c1ccc(OC)c(N)c1)C(C)C. The molecule has 0 aliphatic heterocycles. The maximum atomic E-state index is 12.1. The molecule has 3 N–H and O–H groups in total. The summed E-state index contributed by atoms with van der Waals surface area (Å²) < 4.78 is 10.2. The number of hydrogen-bond acceptors (Lipinski definition) is 4. The van der Waals surface area contributed by atoms with Crippen molar-refractivity contribution in [2.24, 2.45) is 5.92 Å². The van der Waals surface area contributed by atoms with Gasteiger partial charge in [-0.2, -0.15) is 0 Å². The van der Waals surface area contributed by atoms with E-state index in [1.54, 1.807) is 32.4 Å². The van der Waals surface area contributed by atoms with E-state index in [0.717, 1.165) is 0 Å². The van der Waals surface area contributed by atoms with E-state index in [1.807, 2.05) is 13.8 Å². The first-order chi connectivity index (χ1) is 8.99. The van der Waals surface area contributed by atoms with Gasteiger partial charge in [-0.05, 0) is 24.1 Å². The van der Waals surface area contributed by atoms with Crippen molar-refractivity contribution in [2.75, 3.05) is 26.6 Å². The highest BCUT2D eigenvalue weighted by molar-refractivity contribution is 5.95. The van der Waals surface area contributed by atoms with Crippen LogP contribution in [-0.2, 0) is 4.74 Å². The fourth-order valence-electron chi connectivity index (χ4n) is 1.71. The van der Waals surface area contributed by atoms with Crippen molar-refractivity contribution in [1.82, 2.24) is 5.32 Å². The second-order valence-electron chi connectivity index (χ2n) is 4.74. The molecule has 1 atom stereocenters. The summed E-state index contributed by atoms with van der Waals surface area (Å²) in [6.45, 7) is 4.55. The molecule has 5 heteroatoms. The molecular weight excluding hydrogens is 244 g/mol. The van der Waals surface area contributed by atoms with Crippen molar-refractivity contribution in [1.29, 1.82) is 0 Å². The molecule has 0 spiro atoms. The van der Waals surface area contributed by atoms with Gasteiger partial charge < -0.3 is 20.5 Å². The molecule has 1 aromatic carbocycles. The lowest BCUT2D eigenvalue weighted by Gasteiger charge is -2.21. The predicted molar refractivity (Wildman–Crippen MR) is 75.4 cm³/mol. The molecule has 5 nitrogen and oxygen atoms in total. The number of rotatable bonds is 6. The number of benzene rings is 1. The zero-order valence-electron chi connectivity index (χ0n) is 11.9. The van der Waals surface area contributed by atoms with E-state index < -0.39 is 0 Å². The highest BCUT2D eigenvalue weighted by atomic mass is 16.5. The molecule has 0 bridgehead atoms.